The fourth-order valence-electron chi connectivity index (χ4n) is 2.55. The van der Waals surface area contributed by atoms with E-state index in [9.17, 15) is 14.3 Å². The van der Waals surface area contributed by atoms with Gasteiger partial charge in [-0.3, -0.25) is 9.78 Å². The number of rotatable bonds is 4. The summed E-state index contributed by atoms with van der Waals surface area (Å²) in [6, 6.07) is 14.6. The SMILES string of the molecule is CC(O)(CNC(=O)c1ccnc2ccccc12)c1ccc(F)cc1. The number of hydrogen-bond donors (Lipinski definition) is 2. The van der Waals surface area contributed by atoms with Gasteiger partial charge in [0.25, 0.3) is 5.91 Å². The summed E-state index contributed by atoms with van der Waals surface area (Å²) in [6.07, 6.45) is 1.58. The van der Waals surface area contributed by atoms with E-state index in [1.807, 2.05) is 24.3 Å². The molecular formula is C19H17FN2O2. The van der Waals surface area contributed by atoms with Gasteiger partial charge in [0.05, 0.1) is 17.6 Å². The van der Waals surface area contributed by atoms with Gasteiger partial charge >= 0.3 is 0 Å². The minimum absolute atomic E-state index is 0.00805. The maximum Gasteiger partial charge on any atom is 0.252 e. The third-order valence-corrected chi connectivity index (χ3v) is 3.95. The van der Waals surface area contributed by atoms with Crippen LogP contribution in [0.4, 0.5) is 4.39 Å². The predicted octanol–water partition coefficient (Wildman–Crippen LogP) is 3.01. The van der Waals surface area contributed by atoms with Crippen LogP contribution in [0, 0.1) is 5.82 Å². The number of carbonyl (C=O) groups is 1. The number of nitrogens with one attached hydrogen (secondary N) is 1. The molecule has 0 spiro atoms. The van der Waals surface area contributed by atoms with Gasteiger partial charge in [-0.25, -0.2) is 4.39 Å². The first-order valence-electron chi connectivity index (χ1n) is 7.58. The van der Waals surface area contributed by atoms with E-state index in [1.54, 1.807) is 19.2 Å². The molecule has 3 aromatic rings. The number of pyridine rings is 1. The molecule has 2 N–H and O–H groups in total. The Labute approximate surface area is 139 Å². The van der Waals surface area contributed by atoms with Gasteiger partial charge in [-0.15, -0.1) is 0 Å². The van der Waals surface area contributed by atoms with Crippen molar-refractivity contribution in [2.75, 3.05) is 6.54 Å². The number of carbonyl (C=O) groups excluding carboxylic acids is 1. The average Bonchev–Trinajstić information content (AvgIpc) is 2.59. The Bertz CT molecular complexity index is 871. The lowest BCUT2D eigenvalue weighted by Crippen LogP contribution is -2.38. The van der Waals surface area contributed by atoms with Crippen LogP contribution in [0.1, 0.15) is 22.8 Å². The van der Waals surface area contributed by atoms with Crippen LogP contribution in [0.2, 0.25) is 0 Å². The standard InChI is InChI=1S/C19H17FN2O2/c1-19(24,13-6-8-14(20)9-7-13)12-22-18(23)16-10-11-21-17-5-3-2-4-15(16)17/h2-11,24H,12H2,1H3,(H,22,23). The van der Waals surface area contributed by atoms with Gasteiger partial charge in [0.2, 0.25) is 0 Å². The molecule has 0 aliphatic rings. The van der Waals surface area contributed by atoms with Gasteiger partial charge < -0.3 is 10.4 Å². The molecule has 122 valence electrons. The summed E-state index contributed by atoms with van der Waals surface area (Å²) in [5.74, 6) is -0.669. The molecule has 4 nitrogen and oxygen atoms in total. The molecule has 0 bridgehead atoms. The highest BCUT2D eigenvalue weighted by Crippen LogP contribution is 2.21. The number of nitrogens with zero attached hydrogens (tertiary/aromatic N) is 1. The third-order valence-electron chi connectivity index (χ3n) is 3.95. The van der Waals surface area contributed by atoms with E-state index in [0.29, 0.717) is 11.1 Å². The van der Waals surface area contributed by atoms with Crippen molar-refractivity contribution in [2.45, 2.75) is 12.5 Å². The molecule has 0 aliphatic heterocycles. The van der Waals surface area contributed by atoms with Crippen LogP contribution in [-0.4, -0.2) is 22.5 Å². The molecule has 0 saturated heterocycles. The number of hydrogen-bond acceptors (Lipinski definition) is 3. The number of benzene rings is 2. The third kappa shape index (κ3) is 3.26. The molecule has 0 radical (unpaired) electrons. The topological polar surface area (TPSA) is 62.2 Å². The summed E-state index contributed by atoms with van der Waals surface area (Å²) >= 11 is 0. The van der Waals surface area contributed by atoms with Gasteiger partial charge in [-0.1, -0.05) is 30.3 Å². The smallest absolute Gasteiger partial charge is 0.252 e. The largest absolute Gasteiger partial charge is 0.384 e. The fraction of sp³-hybridized carbons (Fsp3) is 0.158. The van der Waals surface area contributed by atoms with Crippen molar-refractivity contribution < 1.29 is 14.3 Å². The van der Waals surface area contributed by atoms with Gasteiger partial charge in [0.1, 0.15) is 11.4 Å². The quantitative estimate of drug-likeness (QED) is 0.775. The van der Waals surface area contributed by atoms with E-state index in [4.69, 9.17) is 0 Å². The highest BCUT2D eigenvalue weighted by atomic mass is 19.1. The lowest BCUT2D eigenvalue weighted by Gasteiger charge is -2.24. The zero-order valence-corrected chi connectivity index (χ0v) is 13.2. The first kappa shape index (κ1) is 16.1. The summed E-state index contributed by atoms with van der Waals surface area (Å²) in [4.78, 5) is 16.7. The molecule has 3 rings (SSSR count). The Hall–Kier alpha value is -2.79. The van der Waals surface area contributed by atoms with Crippen molar-refractivity contribution in [2.24, 2.45) is 0 Å². The summed E-state index contributed by atoms with van der Waals surface area (Å²) in [7, 11) is 0. The van der Waals surface area contributed by atoms with Gasteiger partial charge in [0, 0.05) is 11.6 Å². The molecule has 5 heteroatoms. The zero-order chi connectivity index (χ0) is 17.2. The first-order valence-corrected chi connectivity index (χ1v) is 7.58. The monoisotopic (exact) mass is 324 g/mol. The Morgan fingerprint density at radius 2 is 1.88 bits per heavy atom. The van der Waals surface area contributed by atoms with Crippen LogP contribution < -0.4 is 5.32 Å². The minimum Gasteiger partial charge on any atom is -0.384 e. The van der Waals surface area contributed by atoms with Crippen molar-refractivity contribution >= 4 is 16.8 Å². The van der Waals surface area contributed by atoms with Crippen LogP contribution in [0.25, 0.3) is 10.9 Å². The second-order valence-corrected chi connectivity index (χ2v) is 5.84. The van der Waals surface area contributed by atoms with Crippen LogP contribution in [0.3, 0.4) is 0 Å². The molecule has 1 amide bonds. The van der Waals surface area contributed by atoms with Gasteiger partial charge in [-0.2, -0.15) is 0 Å². The van der Waals surface area contributed by atoms with Crippen molar-refractivity contribution in [3.63, 3.8) is 0 Å². The Kier molecular flexibility index (Phi) is 4.27. The zero-order valence-electron chi connectivity index (χ0n) is 13.2. The first-order chi connectivity index (χ1) is 11.5. The highest BCUT2D eigenvalue weighted by molar-refractivity contribution is 6.05. The van der Waals surface area contributed by atoms with Crippen molar-refractivity contribution in [1.82, 2.24) is 10.3 Å². The van der Waals surface area contributed by atoms with Gasteiger partial charge in [-0.05, 0) is 36.8 Å². The van der Waals surface area contributed by atoms with E-state index in [-0.39, 0.29) is 18.3 Å². The minimum atomic E-state index is -1.30. The Morgan fingerprint density at radius 3 is 2.62 bits per heavy atom. The van der Waals surface area contributed by atoms with E-state index in [1.165, 1.54) is 24.3 Å². The van der Waals surface area contributed by atoms with Crippen molar-refractivity contribution in [3.8, 4) is 0 Å². The number of aromatic nitrogens is 1. The van der Waals surface area contributed by atoms with E-state index in [0.717, 1.165) is 10.9 Å². The molecule has 0 fully saturated rings. The van der Waals surface area contributed by atoms with E-state index < -0.39 is 5.60 Å². The van der Waals surface area contributed by atoms with Crippen LogP contribution in [0.5, 0.6) is 0 Å². The molecule has 1 heterocycles. The highest BCUT2D eigenvalue weighted by Gasteiger charge is 2.24. The van der Waals surface area contributed by atoms with E-state index >= 15 is 0 Å². The lowest BCUT2D eigenvalue weighted by atomic mass is 9.96. The maximum absolute atomic E-state index is 13.0. The summed E-state index contributed by atoms with van der Waals surface area (Å²) < 4.78 is 13.0. The fourth-order valence-corrected chi connectivity index (χ4v) is 2.55. The molecule has 0 saturated carbocycles. The summed E-state index contributed by atoms with van der Waals surface area (Å²) in [5.41, 5.74) is 0.460. The molecular weight excluding hydrogens is 307 g/mol. The van der Waals surface area contributed by atoms with Crippen molar-refractivity contribution in [1.29, 1.82) is 0 Å². The second-order valence-electron chi connectivity index (χ2n) is 5.84. The second kappa shape index (κ2) is 6.37. The number of halogens is 1. The van der Waals surface area contributed by atoms with Crippen LogP contribution >= 0.6 is 0 Å². The van der Waals surface area contributed by atoms with Crippen LogP contribution in [0.15, 0.2) is 60.8 Å². The number of para-hydroxylation sites is 1. The molecule has 0 aliphatic carbocycles. The molecule has 2 aromatic carbocycles. The summed E-state index contributed by atoms with van der Waals surface area (Å²) in [6.45, 7) is 1.58. The van der Waals surface area contributed by atoms with Gasteiger partial charge in [0.15, 0.2) is 0 Å². The molecule has 1 aromatic heterocycles. The maximum atomic E-state index is 13.0. The summed E-state index contributed by atoms with van der Waals surface area (Å²) in [5, 5.41) is 14.0. The number of amides is 1. The Balaban J connectivity index is 1.78. The predicted molar refractivity (Wildman–Crippen MR) is 90.0 cm³/mol. The van der Waals surface area contributed by atoms with Crippen LogP contribution in [-0.2, 0) is 5.60 Å². The number of fused-ring (bicyclic) bond motifs is 1. The van der Waals surface area contributed by atoms with Crippen molar-refractivity contribution in [3.05, 3.63) is 77.7 Å². The normalized spacial score (nSPS) is 13.5. The molecule has 1 atom stereocenters. The lowest BCUT2D eigenvalue weighted by molar-refractivity contribution is 0.0526. The number of aliphatic hydroxyl groups is 1. The molecule has 24 heavy (non-hydrogen) atoms. The Morgan fingerprint density at radius 1 is 1.17 bits per heavy atom. The average molecular weight is 324 g/mol. The molecule has 1 unspecified atom stereocenters. The van der Waals surface area contributed by atoms with E-state index in [2.05, 4.69) is 10.3 Å².